The fraction of sp³-hybridized carbons (Fsp3) is 0.125. The predicted molar refractivity (Wildman–Crippen MR) is 51.8 cm³/mol. The Balaban J connectivity index is 3.02. The molecule has 0 radical (unpaired) electrons. The van der Waals surface area contributed by atoms with Crippen LogP contribution < -0.4 is 0 Å². The summed E-state index contributed by atoms with van der Waals surface area (Å²) in [5, 5.41) is 8.46. The number of halogens is 3. The lowest BCUT2D eigenvalue weighted by atomic mass is 10.2. The average molecular weight is 293 g/mol. The van der Waals surface area contributed by atoms with E-state index < -0.39 is 3.49 Å². The van der Waals surface area contributed by atoms with Crippen LogP contribution in [0.2, 0.25) is 0 Å². The quantitative estimate of drug-likeness (QED) is 0.728. The molecule has 0 atom stereocenters. The summed E-state index contributed by atoms with van der Waals surface area (Å²) in [5.74, 6) is 0. The third kappa shape index (κ3) is 2.29. The van der Waals surface area contributed by atoms with Gasteiger partial charge in [-0.2, -0.15) is 5.26 Å². The molecule has 1 rings (SSSR count). The van der Waals surface area contributed by atoms with E-state index in [-0.39, 0.29) is 0 Å². The maximum absolute atomic E-state index is 13.1. The minimum Gasteiger partial charge on any atom is -0.213 e. The van der Waals surface area contributed by atoms with Crippen LogP contribution in [0.5, 0.6) is 0 Å². The normalized spacial score (nSPS) is 10.8. The number of alkyl halides is 3. The first kappa shape index (κ1) is 9.69. The third-order valence-corrected chi connectivity index (χ3v) is 2.26. The number of nitriles is 1. The van der Waals surface area contributed by atoms with Crippen molar-refractivity contribution in [2.75, 3.05) is 0 Å². The fourth-order valence-electron chi connectivity index (χ4n) is 0.734. The zero-order chi connectivity index (χ0) is 9.19. The standard InChI is InChI=1S/C8H4Br2FN/c9-8(10,11)7-3-1-6(5-12)2-4-7/h1-4H. The van der Waals surface area contributed by atoms with Crippen molar-refractivity contribution in [3.8, 4) is 6.07 Å². The Morgan fingerprint density at radius 2 is 1.75 bits per heavy atom. The smallest absolute Gasteiger partial charge is 0.213 e. The highest BCUT2D eigenvalue weighted by atomic mass is 79.9. The molecule has 12 heavy (non-hydrogen) atoms. The molecule has 0 aliphatic rings. The van der Waals surface area contributed by atoms with E-state index >= 15 is 0 Å². The first-order valence-electron chi connectivity index (χ1n) is 3.11. The number of hydrogen-bond acceptors (Lipinski definition) is 1. The zero-order valence-corrected chi connectivity index (χ0v) is 9.06. The van der Waals surface area contributed by atoms with Crippen LogP contribution in [0.15, 0.2) is 24.3 Å². The monoisotopic (exact) mass is 291 g/mol. The van der Waals surface area contributed by atoms with Gasteiger partial charge in [0.2, 0.25) is 3.49 Å². The third-order valence-electron chi connectivity index (χ3n) is 1.34. The molecular formula is C8H4Br2FN. The first-order chi connectivity index (χ1) is 5.54. The molecule has 0 amide bonds. The summed E-state index contributed by atoms with van der Waals surface area (Å²) >= 11 is 5.60. The van der Waals surface area contributed by atoms with Crippen molar-refractivity contribution in [3.63, 3.8) is 0 Å². The van der Waals surface area contributed by atoms with Crippen LogP contribution in [0.25, 0.3) is 0 Å². The van der Waals surface area contributed by atoms with E-state index in [4.69, 9.17) is 5.26 Å². The molecule has 62 valence electrons. The van der Waals surface area contributed by atoms with Crippen molar-refractivity contribution in [2.45, 2.75) is 3.49 Å². The average Bonchev–Trinajstić information content (AvgIpc) is 2.03. The van der Waals surface area contributed by atoms with Crippen LogP contribution in [-0.4, -0.2) is 0 Å². The van der Waals surface area contributed by atoms with Crippen molar-refractivity contribution in [1.29, 1.82) is 5.26 Å². The van der Waals surface area contributed by atoms with Gasteiger partial charge in [-0.05, 0) is 44.0 Å². The molecule has 1 nitrogen and oxygen atoms in total. The van der Waals surface area contributed by atoms with Gasteiger partial charge < -0.3 is 0 Å². The Kier molecular flexibility index (Phi) is 2.86. The molecule has 0 saturated heterocycles. The molecule has 1 aromatic rings. The topological polar surface area (TPSA) is 23.8 Å². The van der Waals surface area contributed by atoms with E-state index in [1.54, 1.807) is 24.3 Å². The molecule has 0 aliphatic heterocycles. The molecule has 0 heterocycles. The summed E-state index contributed by atoms with van der Waals surface area (Å²) in [7, 11) is 0. The Hall–Kier alpha value is -0.400. The van der Waals surface area contributed by atoms with Crippen LogP contribution in [0.3, 0.4) is 0 Å². The molecule has 0 saturated carbocycles. The number of rotatable bonds is 1. The highest BCUT2D eigenvalue weighted by molar-refractivity contribution is 9.24. The van der Waals surface area contributed by atoms with Gasteiger partial charge in [0.05, 0.1) is 11.6 Å². The Labute approximate surface area is 86.5 Å². The van der Waals surface area contributed by atoms with Gasteiger partial charge in [-0.3, -0.25) is 0 Å². The molecule has 0 spiro atoms. The minimum atomic E-state index is -1.70. The summed E-state index contributed by atoms with van der Waals surface area (Å²) in [6, 6.07) is 8.16. The van der Waals surface area contributed by atoms with Gasteiger partial charge >= 0.3 is 0 Å². The lowest BCUT2D eigenvalue weighted by molar-refractivity contribution is 0.444. The van der Waals surface area contributed by atoms with E-state index in [1.807, 2.05) is 6.07 Å². The van der Waals surface area contributed by atoms with Gasteiger partial charge in [0, 0.05) is 5.56 Å². The van der Waals surface area contributed by atoms with Crippen molar-refractivity contribution < 1.29 is 4.39 Å². The molecule has 4 heteroatoms. The number of benzene rings is 1. The van der Waals surface area contributed by atoms with Gasteiger partial charge in [0.1, 0.15) is 0 Å². The maximum atomic E-state index is 13.1. The van der Waals surface area contributed by atoms with Crippen molar-refractivity contribution in [3.05, 3.63) is 35.4 Å². The Bertz CT molecular complexity index is 307. The van der Waals surface area contributed by atoms with Crippen molar-refractivity contribution in [2.24, 2.45) is 0 Å². The van der Waals surface area contributed by atoms with E-state index in [0.717, 1.165) is 0 Å². The first-order valence-corrected chi connectivity index (χ1v) is 4.70. The highest BCUT2D eigenvalue weighted by Crippen LogP contribution is 2.39. The van der Waals surface area contributed by atoms with Crippen molar-refractivity contribution >= 4 is 31.9 Å². The zero-order valence-electron chi connectivity index (χ0n) is 5.89. The molecule has 0 aromatic heterocycles. The Morgan fingerprint density at radius 3 is 2.08 bits per heavy atom. The predicted octanol–water partition coefficient (Wildman–Crippen LogP) is 3.43. The largest absolute Gasteiger partial charge is 0.244 e. The van der Waals surface area contributed by atoms with Crippen LogP contribution in [-0.2, 0) is 3.49 Å². The molecule has 0 bridgehead atoms. The molecule has 0 N–H and O–H groups in total. The molecule has 0 aliphatic carbocycles. The van der Waals surface area contributed by atoms with Crippen molar-refractivity contribution in [1.82, 2.24) is 0 Å². The number of hydrogen-bond donors (Lipinski definition) is 0. The molecular weight excluding hydrogens is 289 g/mol. The second kappa shape index (κ2) is 3.55. The molecule has 1 aromatic carbocycles. The summed E-state index contributed by atoms with van der Waals surface area (Å²) in [6.45, 7) is 0. The van der Waals surface area contributed by atoms with Gasteiger partial charge in [-0.25, -0.2) is 4.39 Å². The minimum absolute atomic E-state index is 0.432. The van der Waals surface area contributed by atoms with E-state index in [2.05, 4.69) is 31.9 Å². The second-order valence-corrected chi connectivity index (χ2v) is 5.44. The Morgan fingerprint density at radius 1 is 1.25 bits per heavy atom. The van der Waals surface area contributed by atoms with Gasteiger partial charge in [-0.15, -0.1) is 0 Å². The maximum Gasteiger partial charge on any atom is 0.244 e. The second-order valence-electron chi connectivity index (χ2n) is 2.19. The summed E-state index contributed by atoms with van der Waals surface area (Å²) in [6.07, 6.45) is 0. The molecule has 0 unspecified atom stereocenters. The number of nitrogens with zero attached hydrogens (tertiary/aromatic N) is 1. The lowest BCUT2D eigenvalue weighted by Gasteiger charge is -2.09. The lowest BCUT2D eigenvalue weighted by Crippen LogP contribution is -1.98. The van der Waals surface area contributed by atoms with Gasteiger partial charge in [-0.1, -0.05) is 12.1 Å². The van der Waals surface area contributed by atoms with Crippen LogP contribution in [0.4, 0.5) is 4.39 Å². The summed E-state index contributed by atoms with van der Waals surface area (Å²) < 4.78 is 11.4. The summed E-state index contributed by atoms with van der Waals surface area (Å²) in [4.78, 5) is 0. The summed E-state index contributed by atoms with van der Waals surface area (Å²) in [5.41, 5.74) is 0.949. The van der Waals surface area contributed by atoms with Crippen LogP contribution in [0.1, 0.15) is 11.1 Å². The van der Waals surface area contributed by atoms with Crippen LogP contribution in [0, 0.1) is 11.3 Å². The van der Waals surface area contributed by atoms with E-state index in [9.17, 15) is 4.39 Å². The van der Waals surface area contributed by atoms with E-state index in [1.165, 1.54) is 0 Å². The highest BCUT2D eigenvalue weighted by Gasteiger charge is 2.23. The molecule has 0 fully saturated rings. The van der Waals surface area contributed by atoms with Crippen LogP contribution >= 0.6 is 31.9 Å². The van der Waals surface area contributed by atoms with E-state index in [0.29, 0.717) is 11.1 Å². The fourth-order valence-corrected chi connectivity index (χ4v) is 1.26. The van der Waals surface area contributed by atoms with Gasteiger partial charge in [0.15, 0.2) is 0 Å². The van der Waals surface area contributed by atoms with Gasteiger partial charge in [0.25, 0.3) is 0 Å². The SMILES string of the molecule is N#Cc1ccc(C(F)(Br)Br)cc1.